The van der Waals surface area contributed by atoms with Gasteiger partial charge >= 0.3 is 0 Å². The van der Waals surface area contributed by atoms with Crippen molar-refractivity contribution in [2.45, 2.75) is 76.7 Å². The molecule has 0 spiro atoms. The summed E-state index contributed by atoms with van der Waals surface area (Å²) in [6.45, 7) is 6.52. The molecule has 1 aliphatic carbocycles. The van der Waals surface area contributed by atoms with E-state index in [0.29, 0.717) is 22.0 Å². The first-order valence-electron chi connectivity index (χ1n) is 12.1. The van der Waals surface area contributed by atoms with Crippen molar-refractivity contribution in [3.8, 4) is 6.07 Å². The van der Waals surface area contributed by atoms with Gasteiger partial charge in [0.2, 0.25) is 0 Å². The van der Waals surface area contributed by atoms with Crippen molar-refractivity contribution >= 4 is 23.2 Å². The number of nitriles is 1. The highest BCUT2D eigenvalue weighted by Gasteiger charge is 2.43. The maximum atomic E-state index is 10.6. The Balaban J connectivity index is 1.76. The molecule has 0 aliphatic heterocycles. The van der Waals surface area contributed by atoms with Crippen molar-refractivity contribution in [1.29, 1.82) is 5.26 Å². The Bertz CT molecular complexity index is 864. The second-order valence-electron chi connectivity index (χ2n) is 9.48. The Hall–Kier alpha value is -1.53. The van der Waals surface area contributed by atoms with E-state index in [-0.39, 0.29) is 0 Å². The monoisotopic (exact) mass is 470 g/mol. The minimum Gasteiger partial charge on any atom is -0.301 e. The van der Waals surface area contributed by atoms with Crippen molar-refractivity contribution in [2.75, 3.05) is 13.1 Å². The number of halogens is 2. The minimum atomic E-state index is -0.613. The summed E-state index contributed by atoms with van der Waals surface area (Å²) in [4.78, 5) is 2.53. The summed E-state index contributed by atoms with van der Waals surface area (Å²) in [5.74, 6) is 0.315. The first-order chi connectivity index (χ1) is 15.5. The van der Waals surface area contributed by atoms with Gasteiger partial charge in [0, 0.05) is 28.2 Å². The zero-order valence-electron chi connectivity index (χ0n) is 19.5. The van der Waals surface area contributed by atoms with Crippen LogP contribution in [0, 0.1) is 17.2 Å². The van der Waals surface area contributed by atoms with Gasteiger partial charge in [-0.25, -0.2) is 0 Å². The molecule has 0 aromatic heterocycles. The summed E-state index contributed by atoms with van der Waals surface area (Å²) in [5.41, 5.74) is 1.62. The van der Waals surface area contributed by atoms with Crippen LogP contribution in [0.25, 0.3) is 0 Å². The third-order valence-electron chi connectivity index (χ3n) is 7.19. The van der Waals surface area contributed by atoms with Crippen LogP contribution in [-0.4, -0.2) is 24.0 Å². The molecule has 1 aliphatic rings. The molecule has 0 saturated heterocycles. The highest BCUT2D eigenvalue weighted by molar-refractivity contribution is 6.36. The molecule has 32 heavy (non-hydrogen) atoms. The van der Waals surface area contributed by atoms with Crippen LogP contribution in [0.1, 0.15) is 69.9 Å². The molecule has 0 heterocycles. The van der Waals surface area contributed by atoms with Crippen LogP contribution < -0.4 is 0 Å². The second kappa shape index (κ2) is 12.1. The SMILES string of the molecule is CC(C)N(CCCC(C#N)(c1c(Cl)cccc1Cl)C1CCCCC1)CCc1ccccc1. The molecule has 172 valence electrons. The molecule has 1 unspecified atom stereocenters. The average molecular weight is 472 g/mol. The van der Waals surface area contributed by atoms with Gasteiger partial charge in [0.1, 0.15) is 0 Å². The fourth-order valence-electron chi connectivity index (χ4n) is 5.36. The number of benzene rings is 2. The van der Waals surface area contributed by atoms with Crippen molar-refractivity contribution < 1.29 is 0 Å². The van der Waals surface area contributed by atoms with E-state index in [9.17, 15) is 5.26 Å². The molecular formula is C28H36Cl2N2. The molecule has 0 N–H and O–H groups in total. The maximum Gasteiger partial charge on any atom is 0.0879 e. The van der Waals surface area contributed by atoms with E-state index in [4.69, 9.17) is 23.2 Å². The fraction of sp³-hybridized carbons (Fsp3) is 0.536. The van der Waals surface area contributed by atoms with E-state index in [1.165, 1.54) is 24.8 Å². The lowest BCUT2D eigenvalue weighted by atomic mass is 9.63. The fourth-order valence-corrected chi connectivity index (χ4v) is 6.10. The lowest BCUT2D eigenvalue weighted by Gasteiger charge is -2.39. The van der Waals surface area contributed by atoms with E-state index < -0.39 is 5.41 Å². The Morgan fingerprint density at radius 1 is 0.969 bits per heavy atom. The van der Waals surface area contributed by atoms with Crippen molar-refractivity contribution in [2.24, 2.45) is 5.92 Å². The van der Waals surface area contributed by atoms with Crippen molar-refractivity contribution in [3.63, 3.8) is 0 Å². The van der Waals surface area contributed by atoms with Gasteiger partial charge in [0.05, 0.1) is 11.5 Å². The molecule has 2 aromatic carbocycles. The Morgan fingerprint density at radius 3 is 2.22 bits per heavy atom. The van der Waals surface area contributed by atoms with E-state index in [1.54, 1.807) is 0 Å². The van der Waals surface area contributed by atoms with Gasteiger partial charge in [-0.15, -0.1) is 0 Å². The quantitative estimate of drug-likeness (QED) is 0.350. The molecule has 3 rings (SSSR count). The summed E-state index contributed by atoms with van der Waals surface area (Å²) in [6, 6.07) is 19.5. The van der Waals surface area contributed by atoms with Crippen molar-refractivity contribution in [3.05, 3.63) is 69.7 Å². The summed E-state index contributed by atoms with van der Waals surface area (Å²) >= 11 is 13.4. The summed E-state index contributed by atoms with van der Waals surface area (Å²) in [5, 5.41) is 11.8. The van der Waals surface area contributed by atoms with E-state index in [1.807, 2.05) is 18.2 Å². The molecule has 4 heteroatoms. The predicted octanol–water partition coefficient (Wildman–Crippen LogP) is 8.07. The number of nitrogens with zero attached hydrogens (tertiary/aromatic N) is 2. The molecule has 0 bridgehead atoms. The van der Waals surface area contributed by atoms with E-state index in [0.717, 1.165) is 50.8 Å². The lowest BCUT2D eigenvalue weighted by Crippen LogP contribution is -2.38. The van der Waals surface area contributed by atoms with Crippen LogP contribution in [0.4, 0.5) is 0 Å². The molecule has 1 saturated carbocycles. The molecule has 0 radical (unpaired) electrons. The van der Waals surface area contributed by atoms with Crippen molar-refractivity contribution in [1.82, 2.24) is 4.90 Å². The molecule has 1 fully saturated rings. The summed E-state index contributed by atoms with van der Waals surface area (Å²) in [6.07, 6.45) is 8.59. The molecule has 2 nitrogen and oxygen atoms in total. The van der Waals surface area contributed by atoms with Gasteiger partial charge < -0.3 is 4.90 Å². The third-order valence-corrected chi connectivity index (χ3v) is 7.82. The molecule has 2 aromatic rings. The molecule has 0 amide bonds. The van der Waals surface area contributed by atoms with Gasteiger partial charge in [0.25, 0.3) is 0 Å². The second-order valence-corrected chi connectivity index (χ2v) is 10.3. The van der Waals surface area contributed by atoms with Gasteiger partial charge in [-0.1, -0.05) is 78.9 Å². The zero-order valence-corrected chi connectivity index (χ0v) is 21.0. The lowest BCUT2D eigenvalue weighted by molar-refractivity contribution is 0.194. The standard InChI is InChI=1S/C28H36Cl2N2/c1-22(2)32(20-17-23-11-5-3-6-12-23)19-10-18-28(21-31,24-13-7-4-8-14-24)27-25(29)15-9-16-26(27)30/h3,5-6,9,11-12,15-16,22,24H,4,7-8,10,13-14,17-20H2,1-2H3. The van der Waals surface area contributed by atoms with E-state index in [2.05, 4.69) is 55.1 Å². The van der Waals surface area contributed by atoms with Crippen LogP contribution in [0.5, 0.6) is 0 Å². The third kappa shape index (κ3) is 6.07. The minimum absolute atomic E-state index is 0.315. The Labute approximate surface area is 204 Å². The zero-order chi connectivity index (χ0) is 23.0. The van der Waals surface area contributed by atoms with E-state index >= 15 is 0 Å². The van der Waals surface area contributed by atoms with Crippen LogP contribution in [0.2, 0.25) is 10.0 Å². The highest BCUT2D eigenvalue weighted by Crippen LogP contribution is 2.48. The molecule has 1 atom stereocenters. The normalized spacial score (nSPS) is 16.8. The van der Waals surface area contributed by atoms with Gasteiger partial charge in [-0.3, -0.25) is 0 Å². The van der Waals surface area contributed by atoms with Crippen LogP contribution >= 0.6 is 23.2 Å². The topological polar surface area (TPSA) is 27.0 Å². The van der Waals surface area contributed by atoms with Crippen LogP contribution in [0.3, 0.4) is 0 Å². The number of hydrogen-bond donors (Lipinski definition) is 0. The maximum absolute atomic E-state index is 10.6. The van der Waals surface area contributed by atoms with Gasteiger partial charge in [-0.05, 0) is 76.1 Å². The van der Waals surface area contributed by atoms with Crippen LogP contribution in [0.15, 0.2) is 48.5 Å². The van der Waals surface area contributed by atoms with Gasteiger partial charge in [0.15, 0.2) is 0 Å². The largest absolute Gasteiger partial charge is 0.301 e. The number of rotatable bonds is 10. The average Bonchev–Trinajstić information content (AvgIpc) is 2.81. The van der Waals surface area contributed by atoms with Gasteiger partial charge in [-0.2, -0.15) is 5.26 Å². The highest BCUT2D eigenvalue weighted by atomic mass is 35.5. The number of hydrogen-bond acceptors (Lipinski definition) is 2. The molecular weight excluding hydrogens is 435 g/mol. The smallest absolute Gasteiger partial charge is 0.0879 e. The Kier molecular flexibility index (Phi) is 9.47. The summed E-state index contributed by atoms with van der Waals surface area (Å²) < 4.78 is 0. The first-order valence-corrected chi connectivity index (χ1v) is 12.9. The van der Waals surface area contributed by atoms with Crippen LogP contribution in [-0.2, 0) is 11.8 Å². The summed E-state index contributed by atoms with van der Waals surface area (Å²) in [7, 11) is 0. The first kappa shape index (κ1) is 25.1. The predicted molar refractivity (Wildman–Crippen MR) is 136 cm³/mol. The Morgan fingerprint density at radius 2 is 1.62 bits per heavy atom.